The normalized spacial score (nSPS) is 14.6. The number of hydrogen-bond donors (Lipinski definition) is 2. The third kappa shape index (κ3) is 9.04. The number of rotatable bonds is 9. The highest BCUT2D eigenvalue weighted by molar-refractivity contribution is 14.0. The van der Waals surface area contributed by atoms with Crippen LogP contribution in [0.5, 0.6) is 5.75 Å². The molecule has 3 rings (SSSR count). The molecule has 0 unspecified atom stereocenters. The van der Waals surface area contributed by atoms with Crippen LogP contribution in [0, 0.1) is 6.92 Å². The minimum atomic E-state index is 0. The Hall–Kier alpha value is -1.84. The minimum absolute atomic E-state index is 0. The fourth-order valence-corrected chi connectivity index (χ4v) is 3.34. The Morgan fingerprint density at radius 1 is 1.03 bits per heavy atom. The highest BCUT2D eigenvalue weighted by Gasteiger charge is 2.12. The molecule has 2 N–H and O–H groups in total. The lowest BCUT2D eigenvalue weighted by atomic mass is 10.1. The number of aliphatic imine (C=N–C) groups is 1. The van der Waals surface area contributed by atoms with Gasteiger partial charge in [0, 0.05) is 26.2 Å². The van der Waals surface area contributed by atoms with E-state index < -0.39 is 0 Å². The Balaban J connectivity index is 0.00000341. The molecule has 0 aliphatic carbocycles. The molecule has 0 radical (unpaired) electrons. The molecule has 170 valence electrons. The van der Waals surface area contributed by atoms with Crippen LogP contribution in [0.2, 0.25) is 0 Å². The summed E-state index contributed by atoms with van der Waals surface area (Å²) in [5, 5.41) is 6.68. The number of morpholine rings is 1. The summed E-state index contributed by atoms with van der Waals surface area (Å²) in [6.45, 7) is 11.5. The Morgan fingerprint density at radius 3 is 2.45 bits per heavy atom. The third-order valence-electron chi connectivity index (χ3n) is 5.05. The van der Waals surface area contributed by atoms with Gasteiger partial charge in [-0.15, -0.1) is 24.0 Å². The van der Waals surface area contributed by atoms with Crippen LogP contribution in [0.4, 0.5) is 0 Å². The van der Waals surface area contributed by atoms with Crippen molar-refractivity contribution in [2.24, 2.45) is 4.99 Å². The van der Waals surface area contributed by atoms with Crippen LogP contribution in [0.15, 0.2) is 53.5 Å². The molecule has 2 aromatic rings. The molecule has 0 aromatic heterocycles. The van der Waals surface area contributed by atoms with E-state index in [1.807, 2.05) is 12.1 Å². The van der Waals surface area contributed by atoms with Crippen LogP contribution in [-0.2, 0) is 17.8 Å². The predicted molar refractivity (Wildman–Crippen MR) is 137 cm³/mol. The SMILES string of the molecule is CCNC(=NCc1ccccc1CN1CCOCC1)NCCOc1ccc(C)cc1.I. The molecule has 0 bridgehead atoms. The maximum Gasteiger partial charge on any atom is 0.191 e. The Morgan fingerprint density at radius 2 is 1.74 bits per heavy atom. The van der Waals surface area contributed by atoms with Gasteiger partial charge in [-0.25, -0.2) is 4.99 Å². The number of halogens is 1. The number of hydrogen-bond acceptors (Lipinski definition) is 4. The van der Waals surface area contributed by atoms with Crippen LogP contribution in [0.1, 0.15) is 23.6 Å². The summed E-state index contributed by atoms with van der Waals surface area (Å²) in [6.07, 6.45) is 0. The molecule has 0 atom stereocenters. The zero-order valence-corrected chi connectivity index (χ0v) is 20.9. The van der Waals surface area contributed by atoms with Gasteiger partial charge in [0.05, 0.1) is 26.3 Å². The van der Waals surface area contributed by atoms with Crippen molar-refractivity contribution in [1.82, 2.24) is 15.5 Å². The molecule has 7 heteroatoms. The largest absolute Gasteiger partial charge is 0.492 e. The second-order valence-corrected chi connectivity index (χ2v) is 7.44. The van der Waals surface area contributed by atoms with E-state index in [9.17, 15) is 0 Å². The van der Waals surface area contributed by atoms with Gasteiger partial charge >= 0.3 is 0 Å². The van der Waals surface area contributed by atoms with E-state index in [0.29, 0.717) is 19.7 Å². The quantitative estimate of drug-likeness (QED) is 0.221. The Labute approximate surface area is 203 Å². The van der Waals surface area contributed by atoms with Crippen molar-refractivity contribution in [3.05, 3.63) is 65.2 Å². The van der Waals surface area contributed by atoms with Crippen molar-refractivity contribution in [1.29, 1.82) is 0 Å². The lowest BCUT2D eigenvalue weighted by Gasteiger charge is -2.27. The summed E-state index contributed by atoms with van der Waals surface area (Å²) in [4.78, 5) is 7.23. The highest BCUT2D eigenvalue weighted by Crippen LogP contribution is 2.14. The van der Waals surface area contributed by atoms with Crippen LogP contribution in [0.25, 0.3) is 0 Å². The fraction of sp³-hybridized carbons (Fsp3) is 0.458. The molecule has 0 spiro atoms. The van der Waals surface area contributed by atoms with Crippen LogP contribution in [-0.4, -0.2) is 56.9 Å². The number of nitrogens with zero attached hydrogens (tertiary/aromatic N) is 2. The number of nitrogens with one attached hydrogen (secondary N) is 2. The molecule has 6 nitrogen and oxygen atoms in total. The van der Waals surface area contributed by atoms with E-state index in [1.165, 1.54) is 16.7 Å². The smallest absolute Gasteiger partial charge is 0.191 e. The first-order chi connectivity index (χ1) is 14.7. The van der Waals surface area contributed by atoms with Gasteiger partial charge < -0.3 is 20.1 Å². The van der Waals surface area contributed by atoms with Gasteiger partial charge in [-0.1, -0.05) is 42.0 Å². The van der Waals surface area contributed by atoms with Gasteiger partial charge in [0.2, 0.25) is 0 Å². The van der Waals surface area contributed by atoms with Gasteiger partial charge in [0.15, 0.2) is 5.96 Å². The highest BCUT2D eigenvalue weighted by atomic mass is 127. The second-order valence-electron chi connectivity index (χ2n) is 7.44. The van der Waals surface area contributed by atoms with Gasteiger partial charge in [0.1, 0.15) is 12.4 Å². The maximum atomic E-state index is 5.79. The van der Waals surface area contributed by atoms with Crippen molar-refractivity contribution >= 4 is 29.9 Å². The summed E-state index contributed by atoms with van der Waals surface area (Å²) in [6, 6.07) is 16.7. The van der Waals surface area contributed by atoms with Crippen molar-refractivity contribution in [2.75, 3.05) is 46.0 Å². The standard InChI is InChI=1S/C24H34N4O2.HI/c1-3-25-24(26-12-15-30-23-10-8-20(2)9-11-23)27-18-21-6-4-5-7-22(21)19-28-13-16-29-17-14-28;/h4-11H,3,12-19H2,1-2H3,(H2,25,26,27);1H. The van der Waals surface area contributed by atoms with Gasteiger partial charge in [-0.3, -0.25) is 4.90 Å². The van der Waals surface area contributed by atoms with Gasteiger partial charge in [-0.05, 0) is 37.1 Å². The summed E-state index contributed by atoms with van der Waals surface area (Å²) in [5.41, 5.74) is 3.83. The number of guanidine groups is 1. The molecule has 1 aliphatic heterocycles. The van der Waals surface area contributed by atoms with Crippen molar-refractivity contribution in [3.8, 4) is 5.75 Å². The monoisotopic (exact) mass is 538 g/mol. The van der Waals surface area contributed by atoms with Crippen molar-refractivity contribution in [3.63, 3.8) is 0 Å². The second kappa shape index (κ2) is 14.3. The fourth-order valence-electron chi connectivity index (χ4n) is 3.34. The molecule has 1 saturated heterocycles. The van der Waals surface area contributed by atoms with E-state index in [2.05, 4.69) is 65.8 Å². The molecule has 2 aromatic carbocycles. The molecule has 1 aliphatic rings. The van der Waals surface area contributed by atoms with Crippen molar-refractivity contribution in [2.45, 2.75) is 26.9 Å². The number of ether oxygens (including phenoxy) is 2. The van der Waals surface area contributed by atoms with E-state index >= 15 is 0 Å². The number of aryl methyl sites for hydroxylation is 1. The summed E-state index contributed by atoms with van der Waals surface area (Å²) >= 11 is 0. The van der Waals surface area contributed by atoms with Crippen LogP contribution in [0.3, 0.4) is 0 Å². The van der Waals surface area contributed by atoms with Crippen molar-refractivity contribution < 1.29 is 9.47 Å². The Bertz CT molecular complexity index is 792. The summed E-state index contributed by atoms with van der Waals surface area (Å²) in [7, 11) is 0. The summed E-state index contributed by atoms with van der Waals surface area (Å²) in [5.74, 6) is 1.70. The lowest BCUT2D eigenvalue weighted by Crippen LogP contribution is -2.39. The molecule has 1 heterocycles. The van der Waals surface area contributed by atoms with Crippen LogP contribution < -0.4 is 15.4 Å². The first kappa shape index (κ1) is 25.4. The first-order valence-electron chi connectivity index (χ1n) is 10.8. The van der Waals surface area contributed by atoms with Gasteiger partial charge in [0.25, 0.3) is 0 Å². The summed E-state index contributed by atoms with van der Waals surface area (Å²) < 4.78 is 11.3. The average Bonchev–Trinajstić information content (AvgIpc) is 2.78. The van der Waals surface area contributed by atoms with E-state index in [1.54, 1.807) is 0 Å². The number of benzene rings is 2. The Kier molecular flexibility index (Phi) is 11.7. The van der Waals surface area contributed by atoms with Gasteiger partial charge in [-0.2, -0.15) is 0 Å². The van der Waals surface area contributed by atoms with E-state index in [-0.39, 0.29) is 24.0 Å². The average molecular weight is 538 g/mol. The molecular formula is C24H35IN4O2. The predicted octanol–water partition coefficient (Wildman–Crippen LogP) is 3.58. The first-order valence-corrected chi connectivity index (χ1v) is 10.8. The van der Waals surface area contributed by atoms with E-state index in [4.69, 9.17) is 14.5 Å². The minimum Gasteiger partial charge on any atom is -0.492 e. The zero-order chi connectivity index (χ0) is 21.0. The molecule has 31 heavy (non-hydrogen) atoms. The topological polar surface area (TPSA) is 58.1 Å². The molecule has 1 fully saturated rings. The maximum absolute atomic E-state index is 5.79. The lowest BCUT2D eigenvalue weighted by molar-refractivity contribution is 0.0341. The van der Waals surface area contributed by atoms with Crippen LogP contribution >= 0.6 is 24.0 Å². The molecular weight excluding hydrogens is 503 g/mol. The zero-order valence-electron chi connectivity index (χ0n) is 18.6. The van der Waals surface area contributed by atoms with E-state index in [0.717, 1.165) is 51.1 Å². The third-order valence-corrected chi connectivity index (χ3v) is 5.05. The molecule has 0 amide bonds. The molecule has 0 saturated carbocycles.